The van der Waals surface area contributed by atoms with Crippen LogP contribution in [0.15, 0.2) is 30.3 Å². The van der Waals surface area contributed by atoms with Gasteiger partial charge in [-0.3, -0.25) is 4.79 Å². The average molecular weight is 290 g/mol. The van der Waals surface area contributed by atoms with Crippen LogP contribution >= 0.6 is 0 Å². The lowest BCUT2D eigenvalue weighted by Crippen LogP contribution is -2.48. The van der Waals surface area contributed by atoms with Crippen LogP contribution in [0.5, 0.6) is 0 Å². The number of amides is 2. The second-order valence-corrected chi connectivity index (χ2v) is 5.22. The van der Waals surface area contributed by atoms with Crippen molar-refractivity contribution >= 4 is 12.0 Å². The molecule has 0 atom stereocenters. The van der Waals surface area contributed by atoms with Gasteiger partial charge in [-0.25, -0.2) is 4.79 Å². The second kappa shape index (κ2) is 7.67. The van der Waals surface area contributed by atoms with E-state index in [0.29, 0.717) is 13.2 Å². The fraction of sp³-hybridized carbons (Fsp3) is 0.500. The normalized spacial score (nSPS) is 14.1. The van der Waals surface area contributed by atoms with Gasteiger partial charge in [0.25, 0.3) is 0 Å². The highest BCUT2D eigenvalue weighted by Gasteiger charge is 2.24. The van der Waals surface area contributed by atoms with Crippen LogP contribution in [-0.4, -0.2) is 36.1 Å². The number of ether oxygens (including phenoxy) is 1. The minimum Gasteiger partial charge on any atom is -0.465 e. The molecule has 0 aromatic heterocycles. The molecule has 2 amide bonds. The predicted molar refractivity (Wildman–Crippen MR) is 79.7 cm³/mol. The largest absolute Gasteiger partial charge is 0.465 e. The topological polar surface area (TPSA) is 58.6 Å². The zero-order chi connectivity index (χ0) is 15.1. The molecule has 1 fully saturated rings. The molecule has 1 aliphatic rings. The number of esters is 1. The predicted octanol–water partition coefficient (Wildman–Crippen LogP) is 2.31. The Morgan fingerprint density at radius 1 is 1.29 bits per heavy atom. The number of nitrogens with zero attached hydrogens (tertiary/aromatic N) is 1. The number of hydrogen-bond acceptors (Lipinski definition) is 3. The third-order valence-electron chi connectivity index (χ3n) is 3.56. The van der Waals surface area contributed by atoms with Crippen molar-refractivity contribution in [3.8, 4) is 0 Å². The Balaban J connectivity index is 1.98. The first kappa shape index (κ1) is 15.4. The van der Waals surface area contributed by atoms with Gasteiger partial charge >= 0.3 is 12.0 Å². The lowest BCUT2D eigenvalue weighted by molar-refractivity contribution is -0.143. The van der Waals surface area contributed by atoms with Crippen LogP contribution in [0.25, 0.3) is 0 Å². The van der Waals surface area contributed by atoms with E-state index >= 15 is 0 Å². The number of rotatable bonds is 6. The minimum absolute atomic E-state index is 0.0265. The van der Waals surface area contributed by atoms with E-state index in [2.05, 4.69) is 5.32 Å². The van der Waals surface area contributed by atoms with Crippen molar-refractivity contribution in [3.05, 3.63) is 35.9 Å². The van der Waals surface area contributed by atoms with Gasteiger partial charge in [0.15, 0.2) is 0 Å². The number of carbonyl (C=O) groups excluding carboxylic acids is 2. The fourth-order valence-corrected chi connectivity index (χ4v) is 2.18. The number of hydrogen-bond donors (Lipinski definition) is 1. The van der Waals surface area contributed by atoms with Gasteiger partial charge in [0.05, 0.1) is 6.61 Å². The molecule has 0 spiro atoms. The van der Waals surface area contributed by atoms with Crippen molar-refractivity contribution in [2.45, 2.75) is 38.8 Å². The van der Waals surface area contributed by atoms with E-state index in [-0.39, 0.29) is 24.6 Å². The Kier molecular flexibility index (Phi) is 5.60. The quantitative estimate of drug-likeness (QED) is 0.818. The van der Waals surface area contributed by atoms with Crippen molar-refractivity contribution in [1.82, 2.24) is 10.2 Å². The monoisotopic (exact) mass is 290 g/mol. The molecule has 5 nitrogen and oxygen atoms in total. The molecular formula is C16H22N2O3. The molecule has 1 saturated carbocycles. The molecule has 0 heterocycles. The molecule has 0 bridgehead atoms. The smallest absolute Gasteiger partial charge is 0.325 e. The van der Waals surface area contributed by atoms with Crippen LogP contribution in [0.2, 0.25) is 0 Å². The molecule has 5 heteroatoms. The minimum atomic E-state index is -0.378. The number of nitrogens with one attached hydrogen (secondary N) is 1. The van der Waals surface area contributed by atoms with Crippen molar-refractivity contribution in [2.75, 3.05) is 13.2 Å². The van der Waals surface area contributed by atoms with Crippen molar-refractivity contribution in [2.24, 2.45) is 0 Å². The van der Waals surface area contributed by atoms with E-state index < -0.39 is 0 Å². The molecule has 0 unspecified atom stereocenters. The van der Waals surface area contributed by atoms with Crippen molar-refractivity contribution in [1.29, 1.82) is 0 Å². The Morgan fingerprint density at radius 2 is 2.00 bits per heavy atom. The number of benzene rings is 1. The number of urea groups is 1. The molecule has 1 aliphatic carbocycles. The van der Waals surface area contributed by atoms with Crippen LogP contribution in [0.4, 0.5) is 4.79 Å². The first-order valence-corrected chi connectivity index (χ1v) is 7.44. The van der Waals surface area contributed by atoms with Gasteiger partial charge < -0.3 is 15.0 Å². The van der Waals surface area contributed by atoms with Crippen molar-refractivity contribution in [3.63, 3.8) is 0 Å². The molecular weight excluding hydrogens is 268 g/mol. The summed E-state index contributed by atoms with van der Waals surface area (Å²) in [5.74, 6) is -0.378. The summed E-state index contributed by atoms with van der Waals surface area (Å²) in [5.41, 5.74) is 0.991. The molecule has 114 valence electrons. The van der Waals surface area contributed by atoms with E-state index in [1.807, 2.05) is 30.3 Å². The van der Waals surface area contributed by atoms with Gasteiger partial charge in [-0.15, -0.1) is 0 Å². The zero-order valence-corrected chi connectivity index (χ0v) is 12.4. The molecule has 0 aliphatic heterocycles. The van der Waals surface area contributed by atoms with E-state index in [0.717, 1.165) is 24.8 Å². The summed E-state index contributed by atoms with van der Waals surface area (Å²) in [6.45, 7) is 2.45. The van der Waals surface area contributed by atoms with Crippen LogP contribution in [0, 0.1) is 0 Å². The zero-order valence-electron chi connectivity index (χ0n) is 12.4. The summed E-state index contributed by atoms with van der Waals surface area (Å²) >= 11 is 0. The Labute approximate surface area is 125 Å². The Hall–Kier alpha value is -2.04. The Morgan fingerprint density at radius 3 is 2.57 bits per heavy atom. The molecule has 1 aromatic rings. The Bertz CT molecular complexity index is 472. The van der Waals surface area contributed by atoms with Gasteiger partial charge in [-0.1, -0.05) is 30.3 Å². The first-order chi connectivity index (χ1) is 10.2. The lowest BCUT2D eigenvalue weighted by atomic mass is 9.93. The highest BCUT2D eigenvalue weighted by Crippen LogP contribution is 2.18. The summed E-state index contributed by atoms with van der Waals surface area (Å²) in [4.78, 5) is 25.5. The van der Waals surface area contributed by atoms with Gasteiger partial charge in [-0.05, 0) is 31.7 Å². The maximum atomic E-state index is 12.3. The summed E-state index contributed by atoms with van der Waals surface area (Å²) in [6.07, 6.45) is 3.19. The standard InChI is InChI=1S/C16H22N2O3/c1-2-21-15(19)12-18(11-13-7-4-3-5-8-13)16(20)17-14-9-6-10-14/h3-5,7-8,14H,2,6,9-12H2,1H3,(H,17,20). The SMILES string of the molecule is CCOC(=O)CN(Cc1ccccc1)C(=O)NC1CCC1. The molecule has 2 rings (SSSR count). The highest BCUT2D eigenvalue weighted by molar-refractivity contribution is 5.81. The van der Waals surface area contributed by atoms with E-state index in [1.54, 1.807) is 6.92 Å². The van der Waals surface area contributed by atoms with Gasteiger partial charge in [-0.2, -0.15) is 0 Å². The van der Waals surface area contributed by atoms with Crippen LogP contribution in [-0.2, 0) is 16.1 Å². The molecule has 1 N–H and O–H groups in total. The second-order valence-electron chi connectivity index (χ2n) is 5.22. The summed E-state index contributed by atoms with van der Waals surface area (Å²) in [7, 11) is 0. The average Bonchev–Trinajstić information content (AvgIpc) is 2.43. The van der Waals surface area contributed by atoms with Gasteiger partial charge in [0.1, 0.15) is 6.54 Å². The van der Waals surface area contributed by atoms with Crippen LogP contribution in [0.3, 0.4) is 0 Å². The third-order valence-corrected chi connectivity index (χ3v) is 3.56. The molecule has 0 radical (unpaired) electrons. The maximum Gasteiger partial charge on any atom is 0.325 e. The number of carbonyl (C=O) groups is 2. The summed E-state index contributed by atoms with van der Waals surface area (Å²) in [5, 5.41) is 2.96. The van der Waals surface area contributed by atoms with Gasteiger partial charge in [0.2, 0.25) is 0 Å². The molecule has 21 heavy (non-hydrogen) atoms. The maximum absolute atomic E-state index is 12.3. The fourth-order valence-electron chi connectivity index (χ4n) is 2.18. The highest BCUT2D eigenvalue weighted by atomic mass is 16.5. The van der Waals surface area contributed by atoms with Gasteiger partial charge in [0, 0.05) is 12.6 Å². The van der Waals surface area contributed by atoms with E-state index in [1.165, 1.54) is 4.90 Å². The van der Waals surface area contributed by atoms with Crippen molar-refractivity contribution < 1.29 is 14.3 Å². The lowest BCUT2D eigenvalue weighted by Gasteiger charge is -2.30. The van der Waals surface area contributed by atoms with E-state index in [4.69, 9.17) is 4.74 Å². The molecule has 1 aromatic carbocycles. The summed E-state index contributed by atoms with van der Waals surface area (Å²) in [6, 6.07) is 9.69. The third kappa shape index (κ3) is 4.77. The van der Waals surface area contributed by atoms with E-state index in [9.17, 15) is 9.59 Å². The van der Waals surface area contributed by atoms with Crippen LogP contribution < -0.4 is 5.32 Å². The molecule has 0 saturated heterocycles. The first-order valence-electron chi connectivity index (χ1n) is 7.44. The summed E-state index contributed by atoms with van der Waals surface area (Å²) < 4.78 is 4.94. The van der Waals surface area contributed by atoms with Crippen LogP contribution in [0.1, 0.15) is 31.7 Å².